The number of unbranched alkanes of at least 4 members (excludes halogenated alkanes) is 4. The zero-order chi connectivity index (χ0) is 18.6. The van der Waals surface area contributed by atoms with E-state index >= 15 is 0 Å². The molecule has 0 bridgehead atoms. The molecule has 1 aromatic carbocycles. The van der Waals surface area contributed by atoms with Crippen LogP contribution in [0.1, 0.15) is 63.0 Å². The maximum Gasteiger partial charge on any atom is 0.262 e. The Balaban J connectivity index is 1.64. The molecule has 0 N–H and O–H groups in total. The molecule has 0 aliphatic heterocycles. The molecule has 0 spiro atoms. The van der Waals surface area contributed by atoms with Crippen LogP contribution >= 0.6 is 11.3 Å². The van der Waals surface area contributed by atoms with Gasteiger partial charge < -0.3 is 0 Å². The van der Waals surface area contributed by atoms with Crippen LogP contribution in [0.2, 0.25) is 0 Å². The number of hydrogen-bond donors (Lipinski definition) is 0. The summed E-state index contributed by atoms with van der Waals surface area (Å²) in [6.07, 6.45) is 12.6. The van der Waals surface area contributed by atoms with Crippen molar-refractivity contribution >= 4 is 21.6 Å². The molecule has 0 atom stereocenters. The summed E-state index contributed by atoms with van der Waals surface area (Å²) in [6.45, 7) is 2.99. The van der Waals surface area contributed by atoms with Crippen molar-refractivity contribution in [1.29, 1.82) is 0 Å². The standard InChI is InChI=1S/C23H28N2OS/c1-2-3-4-5-8-13-25-16-24-22-21(23(25)26)20(15-27-22)19-12-11-17-9-6-7-10-18(17)14-19/h11-12,14-16H,2-10,13H2,1H3. The molecule has 4 rings (SSSR count). The van der Waals surface area contributed by atoms with Crippen molar-refractivity contribution < 1.29 is 0 Å². The van der Waals surface area contributed by atoms with Crippen LogP contribution in [-0.2, 0) is 19.4 Å². The van der Waals surface area contributed by atoms with E-state index < -0.39 is 0 Å². The molecule has 27 heavy (non-hydrogen) atoms. The summed E-state index contributed by atoms with van der Waals surface area (Å²) in [5.41, 5.74) is 5.28. The highest BCUT2D eigenvalue weighted by atomic mass is 32.1. The van der Waals surface area contributed by atoms with Gasteiger partial charge >= 0.3 is 0 Å². The molecule has 4 heteroatoms. The largest absolute Gasteiger partial charge is 0.299 e. The Morgan fingerprint density at radius 1 is 1.07 bits per heavy atom. The Morgan fingerprint density at radius 3 is 2.74 bits per heavy atom. The predicted octanol–water partition coefficient (Wildman–Crippen LogP) is 5.97. The first kappa shape index (κ1) is 18.4. The fourth-order valence-electron chi connectivity index (χ4n) is 4.13. The first-order valence-corrected chi connectivity index (χ1v) is 11.2. The van der Waals surface area contributed by atoms with Gasteiger partial charge in [-0.3, -0.25) is 9.36 Å². The number of fused-ring (bicyclic) bond motifs is 2. The summed E-state index contributed by atoms with van der Waals surface area (Å²) in [4.78, 5) is 18.6. The van der Waals surface area contributed by atoms with Crippen molar-refractivity contribution in [2.45, 2.75) is 71.3 Å². The molecule has 0 saturated carbocycles. The van der Waals surface area contributed by atoms with E-state index in [0.29, 0.717) is 0 Å². The molecule has 0 radical (unpaired) electrons. The van der Waals surface area contributed by atoms with Crippen molar-refractivity contribution in [3.8, 4) is 11.1 Å². The summed E-state index contributed by atoms with van der Waals surface area (Å²) in [7, 11) is 0. The number of rotatable bonds is 7. The molecular formula is C23H28N2OS. The zero-order valence-corrected chi connectivity index (χ0v) is 17.0. The minimum atomic E-state index is 0.115. The molecule has 0 fully saturated rings. The highest BCUT2D eigenvalue weighted by Gasteiger charge is 2.16. The molecule has 142 valence electrons. The van der Waals surface area contributed by atoms with Gasteiger partial charge in [-0.1, -0.05) is 50.8 Å². The predicted molar refractivity (Wildman–Crippen MR) is 115 cm³/mol. The van der Waals surface area contributed by atoms with E-state index in [0.717, 1.165) is 35.2 Å². The van der Waals surface area contributed by atoms with Crippen LogP contribution in [0.25, 0.3) is 21.3 Å². The van der Waals surface area contributed by atoms with Crippen LogP contribution in [0.4, 0.5) is 0 Å². The number of hydrogen-bond acceptors (Lipinski definition) is 3. The average molecular weight is 381 g/mol. The molecule has 1 aliphatic carbocycles. The Labute approximate surface area is 165 Å². The highest BCUT2D eigenvalue weighted by molar-refractivity contribution is 7.17. The lowest BCUT2D eigenvalue weighted by molar-refractivity contribution is 0.556. The normalized spacial score (nSPS) is 13.8. The lowest BCUT2D eigenvalue weighted by atomic mass is 9.89. The summed E-state index contributed by atoms with van der Waals surface area (Å²) < 4.78 is 1.81. The Morgan fingerprint density at radius 2 is 1.89 bits per heavy atom. The minimum Gasteiger partial charge on any atom is -0.299 e. The molecule has 0 saturated heterocycles. The second-order valence-corrected chi connectivity index (χ2v) is 8.54. The van der Waals surface area contributed by atoms with Crippen molar-refractivity contribution in [2.75, 3.05) is 0 Å². The SMILES string of the molecule is CCCCCCCn1cnc2scc(-c3ccc4c(c3)CCCC4)c2c1=O. The quantitative estimate of drug-likeness (QED) is 0.473. The lowest BCUT2D eigenvalue weighted by Gasteiger charge is -2.16. The van der Waals surface area contributed by atoms with Gasteiger partial charge in [0.25, 0.3) is 5.56 Å². The maximum atomic E-state index is 13.1. The van der Waals surface area contributed by atoms with E-state index in [1.807, 2.05) is 4.57 Å². The van der Waals surface area contributed by atoms with Gasteiger partial charge in [-0.15, -0.1) is 11.3 Å². The summed E-state index contributed by atoms with van der Waals surface area (Å²) in [5.74, 6) is 0. The van der Waals surface area contributed by atoms with Gasteiger partial charge in [-0.2, -0.15) is 0 Å². The topological polar surface area (TPSA) is 34.9 Å². The second-order valence-electron chi connectivity index (χ2n) is 7.68. The van der Waals surface area contributed by atoms with Crippen LogP contribution in [0.15, 0.2) is 34.7 Å². The molecular weight excluding hydrogens is 352 g/mol. The summed E-state index contributed by atoms with van der Waals surface area (Å²) >= 11 is 1.58. The van der Waals surface area contributed by atoms with E-state index in [9.17, 15) is 4.79 Å². The van der Waals surface area contributed by atoms with Gasteiger partial charge in [0, 0.05) is 17.5 Å². The van der Waals surface area contributed by atoms with Crippen molar-refractivity contribution in [3.05, 3.63) is 51.4 Å². The van der Waals surface area contributed by atoms with E-state index in [1.54, 1.807) is 17.7 Å². The third-order valence-electron chi connectivity index (χ3n) is 5.72. The Hall–Kier alpha value is -1.94. The summed E-state index contributed by atoms with van der Waals surface area (Å²) in [6, 6.07) is 6.75. The Bertz CT molecular complexity index is 986. The number of benzene rings is 1. The summed E-state index contributed by atoms with van der Waals surface area (Å²) in [5, 5.41) is 2.90. The van der Waals surface area contributed by atoms with Gasteiger partial charge in [-0.05, 0) is 48.8 Å². The second kappa shape index (κ2) is 8.39. The van der Waals surface area contributed by atoms with Gasteiger partial charge in [0.05, 0.1) is 11.7 Å². The lowest BCUT2D eigenvalue weighted by Crippen LogP contribution is -2.20. The Kier molecular flexibility index (Phi) is 5.72. The number of nitrogens with zero attached hydrogens (tertiary/aromatic N) is 2. The maximum absolute atomic E-state index is 13.1. The fraction of sp³-hybridized carbons (Fsp3) is 0.478. The highest BCUT2D eigenvalue weighted by Crippen LogP contribution is 2.33. The van der Waals surface area contributed by atoms with Crippen LogP contribution in [0, 0.1) is 0 Å². The minimum absolute atomic E-state index is 0.115. The third kappa shape index (κ3) is 3.86. The van der Waals surface area contributed by atoms with Crippen molar-refractivity contribution in [2.24, 2.45) is 0 Å². The number of thiophene rings is 1. The van der Waals surface area contributed by atoms with Crippen LogP contribution in [0.3, 0.4) is 0 Å². The van der Waals surface area contributed by atoms with E-state index in [2.05, 4.69) is 35.5 Å². The van der Waals surface area contributed by atoms with E-state index in [1.165, 1.54) is 61.6 Å². The third-order valence-corrected chi connectivity index (χ3v) is 6.61. The fourth-order valence-corrected chi connectivity index (χ4v) is 5.03. The van der Waals surface area contributed by atoms with Crippen LogP contribution < -0.4 is 5.56 Å². The van der Waals surface area contributed by atoms with Gasteiger partial charge in [0.2, 0.25) is 0 Å². The molecule has 2 aromatic heterocycles. The molecule has 0 amide bonds. The monoisotopic (exact) mass is 380 g/mol. The smallest absolute Gasteiger partial charge is 0.262 e. The van der Waals surface area contributed by atoms with E-state index in [-0.39, 0.29) is 5.56 Å². The molecule has 3 nitrogen and oxygen atoms in total. The zero-order valence-electron chi connectivity index (χ0n) is 16.2. The van der Waals surface area contributed by atoms with Crippen molar-refractivity contribution in [1.82, 2.24) is 9.55 Å². The number of aromatic nitrogens is 2. The number of aryl methyl sites for hydroxylation is 3. The molecule has 1 aliphatic rings. The van der Waals surface area contributed by atoms with Crippen LogP contribution in [-0.4, -0.2) is 9.55 Å². The average Bonchev–Trinajstić information content (AvgIpc) is 3.14. The first-order valence-electron chi connectivity index (χ1n) is 10.4. The van der Waals surface area contributed by atoms with Gasteiger partial charge in [0.15, 0.2) is 0 Å². The van der Waals surface area contributed by atoms with Gasteiger partial charge in [0.1, 0.15) is 4.83 Å². The molecule has 0 unspecified atom stereocenters. The molecule has 2 heterocycles. The van der Waals surface area contributed by atoms with E-state index in [4.69, 9.17) is 0 Å². The van der Waals surface area contributed by atoms with Crippen LogP contribution in [0.5, 0.6) is 0 Å². The first-order chi connectivity index (χ1) is 13.3. The van der Waals surface area contributed by atoms with Crippen molar-refractivity contribution in [3.63, 3.8) is 0 Å². The molecule has 3 aromatic rings. The van der Waals surface area contributed by atoms with Gasteiger partial charge in [-0.25, -0.2) is 4.98 Å².